The van der Waals surface area contributed by atoms with E-state index in [0.717, 1.165) is 18.3 Å². The Kier molecular flexibility index (Phi) is 5.26. The summed E-state index contributed by atoms with van der Waals surface area (Å²) in [6, 6.07) is 0.751. The highest BCUT2D eigenvalue weighted by atomic mass is 35.5. The van der Waals surface area contributed by atoms with Crippen LogP contribution in [0.4, 0.5) is 0 Å². The molecule has 1 aromatic rings. The molecule has 0 atom stereocenters. The summed E-state index contributed by atoms with van der Waals surface area (Å²) >= 11 is 7.51. The van der Waals surface area contributed by atoms with Gasteiger partial charge in [0.25, 0.3) is 0 Å². The van der Waals surface area contributed by atoms with Gasteiger partial charge in [0.1, 0.15) is 5.01 Å². The summed E-state index contributed by atoms with van der Waals surface area (Å²) in [6.07, 6.45) is 8.31. The van der Waals surface area contributed by atoms with Crippen LogP contribution in [0.1, 0.15) is 49.2 Å². The van der Waals surface area contributed by atoms with Crippen molar-refractivity contribution in [3.63, 3.8) is 0 Å². The summed E-state index contributed by atoms with van der Waals surface area (Å²) in [4.78, 5) is 7.01. The first-order valence-electron chi connectivity index (χ1n) is 6.49. The van der Waals surface area contributed by atoms with Gasteiger partial charge in [-0.05, 0) is 19.9 Å². The SMILES string of the molecule is CN(Cc1nc(CCl)cs1)C1CCCCCC1. The lowest BCUT2D eigenvalue weighted by atomic mass is 10.1. The van der Waals surface area contributed by atoms with E-state index < -0.39 is 0 Å². The monoisotopic (exact) mass is 272 g/mol. The Morgan fingerprint density at radius 1 is 1.35 bits per heavy atom. The zero-order chi connectivity index (χ0) is 12.1. The minimum Gasteiger partial charge on any atom is -0.297 e. The van der Waals surface area contributed by atoms with E-state index in [2.05, 4.69) is 22.3 Å². The molecule has 0 unspecified atom stereocenters. The van der Waals surface area contributed by atoms with E-state index in [0.29, 0.717) is 5.88 Å². The molecule has 0 aliphatic heterocycles. The van der Waals surface area contributed by atoms with Crippen molar-refractivity contribution in [3.8, 4) is 0 Å². The zero-order valence-electron chi connectivity index (χ0n) is 10.5. The van der Waals surface area contributed by atoms with E-state index in [1.165, 1.54) is 43.5 Å². The third-order valence-electron chi connectivity index (χ3n) is 3.57. The Balaban J connectivity index is 1.88. The topological polar surface area (TPSA) is 16.1 Å². The van der Waals surface area contributed by atoms with Gasteiger partial charge in [-0.1, -0.05) is 25.7 Å². The average molecular weight is 273 g/mol. The van der Waals surface area contributed by atoms with Gasteiger partial charge in [-0.2, -0.15) is 0 Å². The van der Waals surface area contributed by atoms with Gasteiger partial charge in [0.05, 0.1) is 18.1 Å². The third-order valence-corrected chi connectivity index (χ3v) is 4.73. The van der Waals surface area contributed by atoms with Crippen molar-refractivity contribution in [2.24, 2.45) is 0 Å². The smallest absolute Gasteiger partial charge is 0.107 e. The highest BCUT2D eigenvalue weighted by molar-refractivity contribution is 7.09. The summed E-state index contributed by atoms with van der Waals surface area (Å²) in [5.41, 5.74) is 1.01. The van der Waals surface area contributed by atoms with Gasteiger partial charge >= 0.3 is 0 Å². The molecule has 1 aliphatic carbocycles. The van der Waals surface area contributed by atoms with Gasteiger partial charge < -0.3 is 0 Å². The summed E-state index contributed by atoms with van der Waals surface area (Å²) in [5.74, 6) is 0.531. The van der Waals surface area contributed by atoms with Crippen molar-refractivity contribution in [2.45, 2.75) is 57.0 Å². The molecular formula is C13H21ClN2S. The fourth-order valence-electron chi connectivity index (χ4n) is 2.52. The number of alkyl halides is 1. The molecule has 1 saturated carbocycles. The van der Waals surface area contributed by atoms with Gasteiger partial charge in [-0.25, -0.2) is 4.98 Å². The van der Waals surface area contributed by atoms with Gasteiger partial charge in [0.15, 0.2) is 0 Å². The molecule has 2 nitrogen and oxygen atoms in total. The van der Waals surface area contributed by atoms with E-state index in [1.54, 1.807) is 11.3 Å². The van der Waals surface area contributed by atoms with Crippen LogP contribution in [0.3, 0.4) is 0 Å². The van der Waals surface area contributed by atoms with Crippen LogP contribution < -0.4 is 0 Å². The summed E-state index contributed by atoms with van der Waals surface area (Å²) in [5, 5.41) is 3.27. The molecule has 1 fully saturated rings. The van der Waals surface area contributed by atoms with Crippen LogP contribution in [-0.2, 0) is 12.4 Å². The molecule has 1 heterocycles. The second kappa shape index (κ2) is 6.72. The van der Waals surface area contributed by atoms with Gasteiger partial charge in [0, 0.05) is 11.4 Å². The zero-order valence-corrected chi connectivity index (χ0v) is 12.1. The molecule has 0 N–H and O–H groups in total. The van der Waals surface area contributed by atoms with Crippen LogP contribution in [0.25, 0.3) is 0 Å². The van der Waals surface area contributed by atoms with Crippen LogP contribution >= 0.6 is 22.9 Å². The predicted molar refractivity (Wildman–Crippen MR) is 74.6 cm³/mol. The summed E-state index contributed by atoms with van der Waals surface area (Å²) in [6.45, 7) is 0.978. The van der Waals surface area contributed by atoms with Crippen LogP contribution in [0.5, 0.6) is 0 Å². The van der Waals surface area contributed by atoms with Gasteiger partial charge in [0.2, 0.25) is 0 Å². The first kappa shape index (κ1) is 13.3. The summed E-state index contributed by atoms with van der Waals surface area (Å²) in [7, 11) is 2.23. The number of halogens is 1. The van der Waals surface area contributed by atoms with Crippen LogP contribution in [0, 0.1) is 0 Å². The number of aromatic nitrogens is 1. The maximum absolute atomic E-state index is 5.78. The normalized spacial score (nSPS) is 18.5. The van der Waals surface area contributed by atoms with Crippen molar-refractivity contribution < 1.29 is 0 Å². The molecule has 0 saturated heterocycles. The van der Waals surface area contributed by atoms with Gasteiger partial charge in [-0.3, -0.25) is 4.90 Å². The predicted octanol–water partition coefficient (Wildman–Crippen LogP) is 4.04. The Labute approximate surface area is 113 Å². The van der Waals surface area contributed by atoms with E-state index in [9.17, 15) is 0 Å². The molecule has 0 aromatic carbocycles. The Bertz CT molecular complexity index is 332. The molecule has 96 valence electrons. The van der Waals surface area contributed by atoms with E-state index in [-0.39, 0.29) is 0 Å². The maximum atomic E-state index is 5.78. The van der Waals surface area contributed by atoms with Crippen LogP contribution in [0.15, 0.2) is 5.38 Å². The highest BCUT2D eigenvalue weighted by Gasteiger charge is 2.17. The number of thiazole rings is 1. The third kappa shape index (κ3) is 3.94. The number of rotatable bonds is 4. The molecule has 2 rings (SSSR count). The minimum atomic E-state index is 0.531. The van der Waals surface area contributed by atoms with E-state index in [4.69, 9.17) is 11.6 Å². The van der Waals surface area contributed by atoms with E-state index in [1.807, 2.05) is 0 Å². The van der Waals surface area contributed by atoms with Crippen molar-refractivity contribution in [3.05, 3.63) is 16.1 Å². The fraction of sp³-hybridized carbons (Fsp3) is 0.769. The second-order valence-electron chi connectivity index (χ2n) is 4.93. The molecular weight excluding hydrogens is 252 g/mol. The van der Waals surface area contributed by atoms with Crippen molar-refractivity contribution in [1.29, 1.82) is 0 Å². The lowest BCUT2D eigenvalue weighted by Gasteiger charge is -2.26. The van der Waals surface area contributed by atoms with Crippen LogP contribution in [0.2, 0.25) is 0 Å². The van der Waals surface area contributed by atoms with Crippen molar-refractivity contribution in [2.75, 3.05) is 7.05 Å². The lowest BCUT2D eigenvalue weighted by molar-refractivity contribution is 0.213. The molecule has 4 heteroatoms. The fourth-order valence-corrected chi connectivity index (χ4v) is 3.61. The molecule has 1 aromatic heterocycles. The number of nitrogens with zero attached hydrogens (tertiary/aromatic N) is 2. The Morgan fingerprint density at radius 3 is 2.65 bits per heavy atom. The lowest BCUT2D eigenvalue weighted by Crippen LogP contribution is -2.30. The number of hydrogen-bond donors (Lipinski definition) is 0. The average Bonchev–Trinajstić information content (AvgIpc) is 2.62. The first-order chi connectivity index (χ1) is 8.29. The molecule has 0 radical (unpaired) electrons. The van der Waals surface area contributed by atoms with Gasteiger partial charge in [-0.15, -0.1) is 22.9 Å². The quantitative estimate of drug-likeness (QED) is 0.608. The van der Waals surface area contributed by atoms with Crippen molar-refractivity contribution >= 4 is 22.9 Å². The Morgan fingerprint density at radius 2 is 2.06 bits per heavy atom. The van der Waals surface area contributed by atoms with Crippen molar-refractivity contribution in [1.82, 2.24) is 9.88 Å². The Hall–Kier alpha value is -0.120. The standard InChI is InChI=1S/C13H21ClN2S/c1-16(12-6-4-2-3-5-7-12)9-13-15-11(8-14)10-17-13/h10,12H,2-9H2,1H3. The van der Waals surface area contributed by atoms with Crippen LogP contribution in [-0.4, -0.2) is 23.0 Å². The largest absolute Gasteiger partial charge is 0.297 e. The molecule has 17 heavy (non-hydrogen) atoms. The highest BCUT2D eigenvalue weighted by Crippen LogP contribution is 2.23. The van der Waals surface area contributed by atoms with E-state index >= 15 is 0 Å². The maximum Gasteiger partial charge on any atom is 0.107 e. The first-order valence-corrected chi connectivity index (χ1v) is 7.90. The molecule has 0 amide bonds. The molecule has 0 bridgehead atoms. The minimum absolute atomic E-state index is 0.531. The summed E-state index contributed by atoms with van der Waals surface area (Å²) < 4.78 is 0. The molecule has 0 spiro atoms. The molecule has 1 aliphatic rings. The second-order valence-corrected chi connectivity index (χ2v) is 6.14. The number of hydrogen-bond acceptors (Lipinski definition) is 3.